The Hall–Kier alpha value is -1.88. The molecule has 17 heavy (non-hydrogen) atoms. The molecule has 0 aliphatic heterocycles. The monoisotopic (exact) mass is 237 g/mol. The maximum atomic E-state index is 11.7. The number of ether oxygens (including phenoxy) is 2. The van der Waals surface area contributed by atoms with Crippen LogP contribution in [0, 0.1) is 0 Å². The Bertz CT molecular complexity index is 417. The predicted molar refractivity (Wildman–Crippen MR) is 61.4 cm³/mol. The molecule has 0 saturated carbocycles. The zero-order chi connectivity index (χ0) is 12.8. The highest BCUT2D eigenvalue weighted by atomic mass is 16.6. The van der Waals surface area contributed by atoms with Crippen molar-refractivity contribution in [1.82, 2.24) is 0 Å². The molecule has 0 saturated heterocycles. The molecule has 1 unspecified atom stereocenters. The van der Waals surface area contributed by atoms with Gasteiger partial charge in [-0.2, -0.15) is 0 Å². The second-order valence-corrected chi connectivity index (χ2v) is 3.44. The number of carbonyl (C=O) groups is 2. The maximum absolute atomic E-state index is 11.7. The SMILES string of the molecule is CCC(N)OC(=O)c1ccccc1OC(C)=O. The molecule has 0 aromatic heterocycles. The van der Waals surface area contributed by atoms with Crippen molar-refractivity contribution >= 4 is 11.9 Å². The van der Waals surface area contributed by atoms with Crippen molar-refractivity contribution in [2.24, 2.45) is 5.73 Å². The van der Waals surface area contributed by atoms with Gasteiger partial charge in [-0.05, 0) is 18.6 Å². The van der Waals surface area contributed by atoms with E-state index < -0.39 is 18.2 Å². The lowest BCUT2D eigenvalue weighted by Crippen LogP contribution is -2.26. The number of para-hydroxylation sites is 1. The summed E-state index contributed by atoms with van der Waals surface area (Å²) in [6, 6.07) is 6.36. The zero-order valence-corrected chi connectivity index (χ0v) is 9.80. The van der Waals surface area contributed by atoms with E-state index >= 15 is 0 Å². The molecule has 0 fully saturated rings. The fourth-order valence-corrected chi connectivity index (χ4v) is 1.16. The fraction of sp³-hybridized carbons (Fsp3) is 0.333. The van der Waals surface area contributed by atoms with Crippen LogP contribution < -0.4 is 10.5 Å². The van der Waals surface area contributed by atoms with Crippen LogP contribution in [0.1, 0.15) is 30.6 Å². The van der Waals surface area contributed by atoms with Crippen LogP contribution in [-0.2, 0) is 9.53 Å². The molecule has 0 spiro atoms. The van der Waals surface area contributed by atoms with Crippen LogP contribution in [0.3, 0.4) is 0 Å². The minimum absolute atomic E-state index is 0.174. The Morgan fingerprint density at radius 2 is 2.00 bits per heavy atom. The Morgan fingerprint density at radius 1 is 1.35 bits per heavy atom. The highest BCUT2D eigenvalue weighted by molar-refractivity contribution is 5.93. The lowest BCUT2D eigenvalue weighted by atomic mass is 10.2. The van der Waals surface area contributed by atoms with Crippen molar-refractivity contribution in [3.05, 3.63) is 29.8 Å². The van der Waals surface area contributed by atoms with Gasteiger partial charge in [-0.25, -0.2) is 4.79 Å². The number of hydrogen-bond donors (Lipinski definition) is 1. The molecule has 5 heteroatoms. The van der Waals surface area contributed by atoms with Gasteiger partial charge in [-0.1, -0.05) is 19.1 Å². The summed E-state index contributed by atoms with van der Waals surface area (Å²) in [5.41, 5.74) is 5.70. The van der Waals surface area contributed by atoms with Crippen LogP contribution in [0.5, 0.6) is 5.75 Å². The molecule has 0 amide bonds. The van der Waals surface area contributed by atoms with Crippen molar-refractivity contribution < 1.29 is 19.1 Å². The van der Waals surface area contributed by atoms with Gasteiger partial charge in [0.25, 0.3) is 0 Å². The normalized spacial score (nSPS) is 11.7. The molecule has 2 N–H and O–H groups in total. The van der Waals surface area contributed by atoms with E-state index in [0.717, 1.165) is 0 Å². The van der Waals surface area contributed by atoms with E-state index in [1.165, 1.54) is 19.1 Å². The van der Waals surface area contributed by atoms with Gasteiger partial charge in [-0.3, -0.25) is 10.5 Å². The maximum Gasteiger partial charge on any atom is 0.343 e. The molecule has 0 bridgehead atoms. The fourth-order valence-electron chi connectivity index (χ4n) is 1.16. The van der Waals surface area contributed by atoms with E-state index in [0.29, 0.717) is 6.42 Å². The molecule has 1 aromatic carbocycles. The largest absolute Gasteiger partial charge is 0.443 e. The molecule has 5 nitrogen and oxygen atoms in total. The van der Waals surface area contributed by atoms with Gasteiger partial charge in [0.2, 0.25) is 0 Å². The molecule has 1 rings (SSSR count). The van der Waals surface area contributed by atoms with Crippen LogP contribution in [0.15, 0.2) is 24.3 Å². The highest BCUT2D eigenvalue weighted by Crippen LogP contribution is 2.19. The first-order valence-electron chi connectivity index (χ1n) is 5.28. The topological polar surface area (TPSA) is 78.6 Å². The summed E-state index contributed by atoms with van der Waals surface area (Å²) in [6.45, 7) is 3.07. The Morgan fingerprint density at radius 3 is 2.59 bits per heavy atom. The summed E-state index contributed by atoms with van der Waals surface area (Å²) in [7, 11) is 0. The summed E-state index contributed by atoms with van der Waals surface area (Å²) >= 11 is 0. The first-order valence-corrected chi connectivity index (χ1v) is 5.28. The Kier molecular flexibility index (Phi) is 4.66. The average Bonchev–Trinajstić information content (AvgIpc) is 2.28. The summed E-state index contributed by atoms with van der Waals surface area (Å²) in [5.74, 6) is -0.922. The standard InChI is InChI=1S/C12H15NO4/c1-3-11(13)17-12(15)9-6-4-5-7-10(9)16-8(2)14/h4-7,11H,3,13H2,1-2H3. The van der Waals surface area contributed by atoms with Gasteiger partial charge >= 0.3 is 11.9 Å². The van der Waals surface area contributed by atoms with E-state index in [2.05, 4.69) is 0 Å². The molecule has 1 aromatic rings. The quantitative estimate of drug-likeness (QED) is 0.487. The lowest BCUT2D eigenvalue weighted by Gasteiger charge is -2.12. The zero-order valence-electron chi connectivity index (χ0n) is 9.80. The molecule has 1 atom stereocenters. The van der Waals surface area contributed by atoms with E-state index in [9.17, 15) is 9.59 Å². The average molecular weight is 237 g/mol. The first kappa shape index (κ1) is 13.2. The van der Waals surface area contributed by atoms with Crippen LogP contribution >= 0.6 is 0 Å². The van der Waals surface area contributed by atoms with Crippen LogP contribution in [0.25, 0.3) is 0 Å². The molecular formula is C12H15NO4. The van der Waals surface area contributed by atoms with E-state index in [1.807, 2.05) is 0 Å². The molecule has 92 valence electrons. The third-order valence-electron chi connectivity index (χ3n) is 2.02. The number of carbonyl (C=O) groups excluding carboxylic acids is 2. The summed E-state index contributed by atoms with van der Waals surface area (Å²) in [5, 5.41) is 0. The molecule has 0 aliphatic rings. The Balaban J connectivity index is 2.88. The van der Waals surface area contributed by atoms with Crippen molar-refractivity contribution in [3.63, 3.8) is 0 Å². The minimum atomic E-state index is -0.659. The van der Waals surface area contributed by atoms with Gasteiger partial charge < -0.3 is 9.47 Å². The van der Waals surface area contributed by atoms with Crippen LogP contribution in [0.2, 0.25) is 0 Å². The number of esters is 2. The van der Waals surface area contributed by atoms with Crippen molar-refractivity contribution in [3.8, 4) is 5.75 Å². The second kappa shape index (κ2) is 6.00. The van der Waals surface area contributed by atoms with E-state index in [-0.39, 0.29) is 11.3 Å². The van der Waals surface area contributed by atoms with Gasteiger partial charge in [-0.15, -0.1) is 0 Å². The van der Waals surface area contributed by atoms with Crippen LogP contribution in [-0.4, -0.2) is 18.2 Å². The van der Waals surface area contributed by atoms with Crippen molar-refractivity contribution in [1.29, 1.82) is 0 Å². The van der Waals surface area contributed by atoms with Gasteiger partial charge in [0.05, 0.1) is 0 Å². The second-order valence-electron chi connectivity index (χ2n) is 3.44. The number of nitrogens with two attached hydrogens (primary N) is 1. The van der Waals surface area contributed by atoms with Crippen molar-refractivity contribution in [2.75, 3.05) is 0 Å². The van der Waals surface area contributed by atoms with Crippen LogP contribution in [0.4, 0.5) is 0 Å². The summed E-state index contributed by atoms with van der Waals surface area (Å²) in [4.78, 5) is 22.6. The van der Waals surface area contributed by atoms with Gasteiger partial charge in [0.15, 0.2) is 6.23 Å². The van der Waals surface area contributed by atoms with E-state index in [1.54, 1.807) is 19.1 Å². The number of hydrogen-bond acceptors (Lipinski definition) is 5. The van der Waals surface area contributed by atoms with Crippen molar-refractivity contribution in [2.45, 2.75) is 26.5 Å². The molecule has 0 radical (unpaired) electrons. The molecule has 0 heterocycles. The molecular weight excluding hydrogens is 222 g/mol. The van der Waals surface area contributed by atoms with Gasteiger partial charge in [0.1, 0.15) is 11.3 Å². The Labute approximate surface area is 99.5 Å². The third-order valence-corrected chi connectivity index (χ3v) is 2.02. The number of benzene rings is 1. The van der Waals surface area contributed by atoms with Gasteiger partial charge in [0, 0.05) is 6.92 Å². The summed E-state index contributed by atoms with van der Waals surface area (Å²) in [6.07, 6.45) is -0.144. The smallest absolute Gasteiger partial charge is 0.343 e. The number of rotatable bonds is 4. The highest BCUT2D eigenvalue weighted by Gasteiger charge is 2.16. The minimum Gasteiger partial charge on any atom is -0.443 e. The lowest BCUT2D eigenvalue weighted by molar-refractivity contribution is -0.131. The van der Waals surface area contributed by atoms with E-state index in [4.69, 9.17) is 15.2 Å². The summed E-state index contributed by atoms with van der Waals surface area (Å²) < 4.78 is 9.86. The molecule has 0 aliphatic carbocycles. The first-order chi connectivity index (χ1) is 8.04. The predicted octanol–water partition coefficient (Wildman–Crippen LogP) is 1.46. The third kappa shape index (κ3) is 3.88.